The lowest BCUT2D eigenvalue weighted by Crippen LogP contribution is -2.51. The average Bonchev–Trinajstić information content (AvgIpc) is 3.17. The molecule has 3 N–H and O–H groups in total. The van der Waals surface area contributed by atoms with E-state index >= 15 is 4.39 Å². The Hall–Kier alpha value is -3.07. The molecule has 1 aliphatic rings. The fourth-order valence-corrected chi connectivity index (χ4v) is 6.67. The highest BCUT2D eigenvalue weighted by Gasteiger charge is 2.62. The summed E-state index contributed by atoms with van der Waals surface area (Å²) >= 11 is 5.58. The van der Waals surface area contributed by atoms with E-state index in [1.807, 2.05) is 17.1 Å². The van der Waals surface area contributed by atoms with E-state index < -0.39 is 73.1 Å². The number of fused-ring (bicyclic) bond motifs is 1. The Morgan fingerprint density at radius 2 is 1.88 bits per heavy atom. The molecule has 228 valence electrons. The van der Waals surface area contributed by atoms with Crippen molar-refractivity contribution in [3.63, 3.8) is 0 Å². The second-order valence-electron chi connectivity index (χ2n) is 9.88. The smallest absolute Gasteiger partial charge is 0.330 e. The number of carbonyl (C=O) groups excluding carboxylic acids is 1. The standard InChI is InChI=1S/C26H29F3N3O8PS/c1-14(2)38-23(35)15(3)31-41(42,40-18-9-8-16-6-4-5-7-17(16)12-18)37-13-26(24(28)29)21(27)20(34)22(39-26)32-11-10-19(33)30-25(32)36/h4-12,14-15,20-22,24,34H,13H2,1-3H3,(H,31,42)(H,30,33,36). The Labute approximate surface area is 242 Å². The summed E-state index contributed by atoms with van der Waals surface area (Å²) in [4.78, 5) is 38.1. The molecule has 0 saturated carbocycles. The van der Waals surface area contributed by atoms with Gasteiger partial charge in [0.2, 0.25) is 0 Å². The second-order valence-corrected chi connectivity index (χ2v) is 13.0. The number of halogens is 3. The van der Waals surface area contributed by atoms with Crippen molar-refractivity contribution in [1.29, 1.82) is 0 Å². The highest BCUT2D eigenvalue weighted by atomic mass is 32.5. The van der Waals surface area contributed by atoms with Crippen LogP contribution in [0.5, 0.6) is 5.75 Å². The van der Waals surface area contributed by atoms with Crippen molar-refractivity contribution < 1.29 is 41.6 Å². The molecular formula is C26H29F3N3O8PS. The zero-order valence-electron chi connectivity index (χ0n) is 22.6. The molecule has 6 atom stereocenters. The van der Waals surface area contributed by atoms with E-state index in [1.165, 1.54) is 6.92 Å². The monoisotopic (exact) mass is 631 g/mol. The molecule has 16 heteroatoms. The maximum absolute atomic E-state index is 15.5. The number of nitrogens with one attached hydrogen (secondary N) is 2. The lowest BCUT2D eigenvalue weighted by molar-refractivity contribution is -0.182. The average molecular weight is 632 g/mol. The van der Waals surface area contributed by atoms with Crippen LogP contribution in [0.1, 0.15) is 27.0 Å². The summed E-state index contributed by atoms with van der Waals surface area (Å²) in [5.41, 5.74) is -5.03. The number of hydrogen-bond donors (Lipinski definition) is 3. The molecule has 2 heterocycles. The number of alkyl halides is 3. The van der Waals surface area contributed by atoms with E-state index in [0.717, 1.165) is 23.0 Å². The summed E-state index contributed by atoms with van der Waals surface area (Å²) in [5, 5.41) is 14.8. The minimum Gasteiger partial charge on any atom is -0.462 e. The molecule has 1 aliphatic heterocycles. The number of aromatic amines is 1. The number of rotatable bonds is 11. The molecular weight excluding hydrogens is 602 g/mol. The first-order valence-electron chi connectivity index (χ1n) is 12.8. The van der Waals surface area contributed by atoms with Gasteiger partial charge in [-0.2, -0.15) is 0 Å². The van der Waals surface area contributed by atoms with Crippen molar-refractivity contribution in [3.8, 4) is 5.75 Å². The Kier molecular flexibility index (Phi) is 9.60. The largest absolute Gasteiger partial charge is 0.462 e. The summed E-state index contributed by atoms with van der Waals surface area (Å²) in [6.07, 6.45) is -10.1. The van der Waals surface area contributed by atoms with Gasteiger partial charge in [0, 0.05) is 12.3 Å². The van der Waals surface area contributed by atoms with Crippen molar-refractivity contribution >= 4 is 35.2 Å². The second kappa shape index (κ2) is 12.7. The molecule has 3 aromatic rings. The van der Waals surface area contributed by atoms with Gasteiger partial charge in [-0.1, -0.05) is 30.3 Å². The van der Waals surface area contributed by atoms with E-state index in [4.69, 9.17) is 30.3 Å². The van der Waals surface area contributed by atoms with Gasteiger partial charge in [-0.3, -0.25) is 19.1 Å². The van der Waals surface area contributed by atoms with E-state index in [-0.39, 0.29) is 5.75 Å². The van der Waals surface area contributed by atoms with Gasteiger partial charge in [-0.25, -0.2) is 23.1 Å². The Morgan fingerprint density at radius 1 is 1.19 bits per heavy atom. The van der Waals surface area contributed by atoms with Gasteiger partial charge in [0.15, 0.2) is 18.0 Å². The zero-order chi connectivity index (χ0) is 30.8. The van der Waals surface area contributed by atoms with E-state index in [2.05, 4.69) is 5.09 Å². The van der Waals surface area contributed by atoms with Crippen molar-refractivity contribution in [2.75, 3.05) is 6.61 Å². The third-order valence-electron chi connectivity index (χ3n) is 6.36. The lowest BCUT2D eigenvalue weighted by atomic mass is 9.98. The first-order valence-corrected chi connectivity index (χ1v) is 15.4. The maximum Gasteiger partial charge on any atom is 0.330 e. The van der Waals surface area contributed by atoms with Gasteiger partial charge in [0.25, 0.3) is 12.0 Å². The molecule has 2 aromatic carbocycles. The molecule has 1 fully saturated rings. The quantitative estimate of drug-likeness (QED) is 0.214. The first-order chi connectivity index (χ1) is 19.7. The number of nitrogens with zero attached hydrogens (tertiary/aromatic N) is 1. The van der Waals surface area contributed by atoms with Gasteiger partial charge in [0.05, 0.1) is 12.7 Å². The van der Waals surface area contributed by atoms with E-state index in [0.29, 0.717) is 4.57 Å². The number of esters is 1. The molecule has 0 spiro atoms. The molecule has 1 aromatic heterocycles. The topological polar surface area (TPSA) is 141 Å². The number of aromatic nitrogens is 2. The molecule has 0 amide bonds. The minimum absolute atomic E-state index is 0.168. The highest BCUT2D eigenvalue weighted by Crippen LogP contribution is 2.50. The fraction of sp³-hybridized carbons (Fsp3) is 0.423. The van der Waals surface area contributed by atoms with Gasteiger partial charge in [-0.15, -0.1) is 0 Å². The predicted octanol–water partition coefficient (Wildman–Crippen LogP) is 3.17. The molecule has 6 unspecified atom stereocenters. The van der Waals surface area contributed by atoms with Crippen LogP contribution >= 0.6 is 6.64 Å². The van der Waals surface area contributed by atoms with Crippen LogP contribution in [0.4, 0.5) is 13.2 Å². The van der Waals surface area contributed by atoms with Crippen molar-refractivity contribution in [2.45, 2.75) is 63.4 Å². The van der Waals surface area contributed by atoms with Crippen molar-refractivity contribution in [2.24, 2.45) is 0 Å². The minimum atomic E-state index is -3.96. The van der Waals surface area contributed by atoms with E-state index in [1.54, 1.807) is 44.2 Å². The van der Waals surface area contributed by atoms with Crippen LogP contribution in [0, 0.1) is 0 Å². The molecule has 11 nitrogen and oxygen atoms in total. The molecule has 42 heavy (non-hydrogen) atoms. The molecule has 4 rings (SSSR count). The van der Waals surface area contributed by atoms with Crippen molar-refractivity contribution in [1.82, 2.24) is 14.6 Å². The Balaban J connectivity index is 1.65. The number of carbonyl (C=O) groups is 1. The van der Waals surface area contributed by atoms with Crippen LogP contribution < -0.4 is 20.9 Å². The van der Waals surface area contributed by atoms with Gasteiger partial charge in [-0.05, 0) is 55.5 Å². The zero-order valence-corrected chi connectivity index (χ0v) is 24.3. The number of benzene rings is 2. The number of ether oxygens (including phenoxy) is 2. The van der Waals surface area contributed by atoms with Gasteiger partial charge >= 0.3 is 18.3 Å². The summed E-state index contributed by atoms with van der Waals surface area (Å²) < 4.78 is 67.1. The van der Waals surface area contributed by atoms with Gasteiger partial charge in [0.1, 0.15) is 17.9 Å². The normalized spacial score (nSPS) is 24.5. The predicted molar refractivity (Wildman–Crippen MR) is 150 cm³/mol. The van der Waals surface area contributed by atoms with Gasteiger partial charge < -0.3 is 23.6 Å². The number of H-pyrrole nitrogens is 1. The summed E-state index contributed by atoms with van der Waals surface area (Å²) in [6.45, 7) is -0.552. The maximum atomic E-state index is 15.5. The van der Waals surface area contributed by atoms with Crippen LogP contribution in [0.15, 0.2) is 64.3 Å². The fourth-order valence-electron chi connectivity index (χ4n) is 4.25. The SMILES string of the molecule is CC(C)OC(=O)C(C)NP(=S)(OCC1(C(F)F)OC(n2ccc(=O)[nH]c2=O)C(O)C1F)Oc1ccc2ccccc2c1. The summed E-state index contributed by atoms with van der Waals surface area (Å²) in [6, 6.07) is 11.9. The van der Waals surface area contributed by atoms with E-state index in [9.17, 15) is 28.3 Å². The molecule has 0 radical (unpaired) electrons. The number of aliphatic hydroxyl groups excluding tert-OH is 1. The van der Waals surface area contributed by atoms with Crippen LogP contribution in [0.2, 0.25) is 0 Å². The van der Waals surface area contributed by atoms with Crippen LogP contribution in [-0.4, -0.2) is 63.7 Å². The number of hydrogen-bond acceptors (Lipinski definition) is 9. The lowest BCUT2D eigenvalue weighted by Gasteiger charge is -2.33. The molecule has 0 bridgehead atoms. The summed E-state index contributed by atoms with van der Waals surface area (Å²) in [7, 11) is 0. The Morgan fingerprint density at radius 3 is 2.52 bits per heavy atom. The molecule has 0 aliphatic carbocycles. The first kappa shape index (κ1) is 31.9. The highest BCUT2D eigenvalue weighted by molar-refractivity contribution is 8.09. The third-order valence-corrected chi connectivity index (χ3v) is 8.84. The van der Waals surface area contributed by atoms with Crippen LogP contribution in [0.3, 0.4) is 0 Å². The Bertz CT molecular complexity index is 1600. The van der Waals surface area contributed by atoms with Crippen LogP contribution in [-0.2, 0) is 30.6 Å². The summed E-state index contributed by atoms with van der Waals surface area (Å²) in [5.74, 6) is -0.566. The van der Waals surface area contributed by atoms with Crippen molar-refractivity contribution in [3.05, 3.63) is 75.6 Å². The van der Waals surface area contributed by atoms with Crippen LogP contribution in [0.25, 0.3) is 10.8 Å². The third kappa shape index (κ3) is 6.77. The molecule has 1 saturated heterocycles. The number of aliphatic hydroxyl groups is 1.